The van der Waals surface area contributed by atoms with Crippen LogP contribution in [0.3, 0.4) is 0 Å². The van der Waals surface area contributed by atoms with Gasteiger partial charge in [0.15, 0.2) is 0 Å². The van der Waals surface area contributed by atoms with E-state index >= 15 is 0 Å². The molecular formula is C20H15N5O3S. The second-order valence-electron chi connectivity index (χ2n) is 6.15. The van der Waals surface area contributed by atoms with Crippen molar-refractivity contribution in [3.05, 3.63) is 84.2 Å². The fraction of sp³-hybridized carbons (Fsp3) is 0. The molecule has 0 saturated carbocycles. The van der Waals surface area contributed by atoms with Crippen molar-refractivity contribution in [1.29, 1.82) is 0 Å². The van der Waals surface area contributed by atoms with Gasteiger partial charge in [0.25, 0.3) is 10.0 Å². The molecule has 0 unspecified atom stereocenters. The van der Waals surface area contributed by atoms with Gasteiger partial charge in [-0.05, 0) is 59.3 Å². The highest BCUT2D eigenvalue weighted by atomic mass is 32.2. The summed E-state index contributed by atoms with van der Waals surface area (Å²) in [6, 6.07) is 16.1. The molecule has 2 N–H and O–H groups in total. The maximum atomic E-state index is 12.6. The smallest absolute Gasteiger partial charge is 0.261 e. The van der Waals surface area contributed by atoms with Crippen molar-refractivity contribution in [2.75, 3.05) is 4.72 Å². The molecule has 0 aliphatic heterocycles. The van der Waals surface area contributed by atoms with Gasteiger partial charge in [-0.15, -0.1) is 4.91 Å². The predicted molar refractivity (Wildman–Crippen MR) is 110 cm³/mol. The van der Waals surface area contributed by atoms with E-state index in [0.717, 1.165) is 16.7 Å². The standard InChI is InChI=1S/C20H15N5O3S/c26-24-16-4-6-18(7-5-16)29(27,28)25-17-3-1-2-15(12-17)20-19(13-22-23-20)14-8-10-21-11-9-14/h1-13,25H,(H,22,23). The van der Waals surface area contributed by atoms with E-state index < -0.39 is 10.0 Å². The molecular weight excluding hydrogens is 390 g/mol. The molecule has 144 valence electrons. The molecule has 0 spiro atoms. The minimum Gasteiger partial charge on any atom is -0.284 e. The Morgan fingerprint density at radius 1 is 0.931 bits per heavy atom. The first-order chi connectivity index (χ1) is 14.1. The minimum absolute atomic E-state index is 0.0348. The maximum Gasteiger partial charge on any atom is 0.261 e. The number of aromatic nitrogens is 3. The molecule has 0 saturated heterocycles. The molecule has 9 heteroatoms. The van der Waals surface area contributed by atoms with E-state index in [1.54, 1.807) is 36.8 Å². The number of anilines is 1. The molecule has 2 aromatic heterocycles. The number of nitroso groups, excluding NO2 is 1. The fourth-order valence-corrected chi connectivity index (χ4v) is 3.94. The van der Waals surface area contributed by atoms with Crippen molar-refractivity contribution < 1.29 is 8.42 Å². The number of pyridine rings is 1. The number of hydrogen-bond donors (Lipinski definition) is 2. The Labute approximate surface area is 166 Å². The average Bonchev–Trinajstić information content (AvgIpc) is 3.24. The summed E-state index contributed by atoms with van der Waals surface area (Å²) in [6.45, 7) is 0. The molecule has 8 nitrogen and oxygen atoms in total. The highest BCUT2D eigenvalue weighted by molar-refractivity contribution is 7.92. The van der Waals surface area contributed by atoms with Gasteiger partial charge in [-0.25, -0.2) is 8.42 Å². The van der Waals surface area contributed by atoms with Gasteiger partial charge in [0, 0.05) is 35.4 Å². The van der Waals surface area contributed by atoms with Crippen molar-refractivity contribution in [3.63, 3.8) is 0 Å². The molecule has 2 heterocycles. The lowest BCUT2D eigenvalue weighted by molar-refractivity contribution is 0.601. The zero-order valence-corrected chi connectivity index (χ0v) is 15.8. The molecule has 0 radical (unpaired) electrons. The number of H-pyrrole nitrogens is 1. The van der Waals surface area contributed by atoms with Crippen LogP contribution < -0.4 is 4.72 Å². The minimum atomic E-state index is -3.82. The van der Waals surface area contributed by atoms with Crippen molar-refractivity contribution in [3.8, 4) is 22.4 Å². The number of nitrogens with one attached hydrogen (secondary N) is 2. The van der Waals surface area contributed by atoms with Crippen molar-refractivity contribution in [2.45, 2.75) is 4.90 Å². The second kappa shape index (κ2) is 7.64. The van der Waals surface area contributed by atoms with Crippen LogP contribution in [0.5, 0.6) is 0 Å². The lowest BCUT2D eigenvalue weighted by Crippen LogP contribution is -2.12. The number of benzene rings is 2. The van der Waals surface area contributed by atoms with E-state index in [4.69, 9.17) is 0 Å². The maximum absolute atomic E-state index is 12.6. The summed E-state index contributed by atoms with van der Waals surface area (Å²) in [5.74, 6) is 0. The summed E-state index contributed by atoms with van der Waals surface area (Å²) in [7, 11) is -3.82. The Kier molecular flexibility index (Phi) is 4.88. The summed E-state index contributed by atoms with van der Waals surface area (Å²) in [4.78, 5) is 14.6. The Balaban J connectivity index is 1.65. The zero-order valence-electron chi connectivity index (χ0n) is 15.0. The Morgan fingerprint density at radius 3 is 2.41 bits per heavy atom. The molecule has 0 aliphatic rings. The highest BCUT2D eigenvalue weighted by Crippen LogP contribution is 2.31. The summed E-state index contributed by atoms with van der Waals surface area (Å²) >= 11 is 0. The molecule has 0 fully saturated rings. The van der Waals surface area contributed by atoms with Crippen LogP contribution in [0.15, 0.2) is 89.3 Å². The van der Waals surface area contributed by atoms with Gasteiger partial charge in [0.2, 0.25) is 0 Å². The van der Waals surface area contributed by atoms with Crippen LogP contribution in [-0.4, -0.2) is 23.6 Å². The van der Waals surface area contributed by atoms with Crippen LogP contribution in [-0.2, 0) is 10.0 Å². The van der Waals surface area contributed by atoms with E-state index in [-0.39, 0.29) is 10.6 Å². The van der Waals surface area contributed by atoms with Gasteiger partial charge in [-0.3, -0.25) is 14.8 Å². The van der Waals surface area contributed by atoms with E-state index in [0.29, 0.717) is 11.4 Å². The SMILES string of the molecule is O=Nc1ccc(S(=O)(=O)Nc2cccc(-c3n[nH]cc3-c3ccncc3)c2)cc1. The lowest BCUT2D eigenvalue weighted by atomic mass is 10.0. The van der Waals surface area contributed by atoms with Gasteiger partial charge in [0.05, 0.1) is 10.6 Å². The molecule has 4 aromatic rings. The molecule has 2 aromatic carbocycles. The topological polar surface area (TPSA) is 117 Å². The van der Waals surface area contributed by atoms with E-state index in [1.165, 1.54) is 24.3 Å². The number of sulfonamides is 1. The van der Waals surface area contributed by atoms with Crippen LogP contribution >= 0.6 is 0 Å². The van der Waals surface area contributed by atoms with Crippen molar-refractivity contribution in [2.24, 2.45) is 5.18 Å². The van der Waals surface area contributed by atoms with E-state index in [1.807, 2.05) is 18.2 Å². The third kappa shape index (κ3) is 3.90. The quantitative estimate of drug-likeness (QED) is 0.463. The molecule has 0 atom stereocenters. The first-order valence-electron chi connectivity index (χ1n) is 8.58. The predicted octanol–water partition coefficient (Wildman–Crippen LogP) is 4.34. The normalized spacial score (nSPS) is 11.2. The van der Waals surface area contributed by atoms with Gasteiger partial charge in [-0.2, -0.15) is 5.10 Å². The fourth-order valence-electron chi connectivity index (χ4n) is 2.89. The van der Waals surface area contributed by atoms with Crippen molar-refractivity contribution >= 4 is 21.4 Å². The molecule has 0 aliphatic carbocycles. The van der Waals surface area contributed by atoms with Crippen LogP contribution in [0.1, 0.15) is 0 Å². The number of aromatic amines is 1. The number of nitrogens with zero attached hydrogens (tertiary/aromatic N) is 3. The Morgan fingerprint density at radius 2 is 1.69 bits per heavy atom. The van der Waals surface area contributed by atoms with E-state index in [9.17, 15) is 13.3 Å². The highest BCUT2D eigenvalue weighted by Gasteiger charge is 2.16. The van der Waals surface area contributed by atoms with Gasteiger partial charge >= 0.3 is 0 Å². The Bertz CT molecular complexity index is 1250. The third-order valence-electron chi connectivity index (χ3n) is 4.27. The summed E-state index contributed by atoms with van der Waals surface area (Å²) in [5.41, 5.74) is 3.82. The monoisotopic (exact) mass is 405 g/mol. The first-order valence-corrected chi connectivity index (χ1v) is 10.1. The number of rotatable bonds is 6. The lowest BCUT2D eigenvalue weighted by Gasteiger charge is -2.10. The van der Waals surface area contributed by atoms with Gasteiger partial charge < -0.3 is 0 Å². The van der Waals surface area contributed by atoms with Crippen LogP contribution in [0.2, 0.25) is 0 Å². The summed E-state index contributed by atoms with van der Waals surface area (Å²) in [5, 5.41) is 9.94. The Hall–Kier alpha value is -3.85. The van der Waals surface area contributed by atoms with Crippen molar-refractivity contribution in [1.82, 2.24) is 15.2 Å². The number of hydrogen-bond acceptors (Lipinski definition) is 6. The van der Waals surface area contributed by atoms with Crippen LogP contribution in [0.25, 0.3) is 22.4 Å². The second-order valence-corrected chi connectivity index (χ2v) is 7.84. The molecule has 4 rings (SSSR count). The summed E-state index contributed by atoms with van der Waals surface area (Å²) < 4.78 is 27.8. The van der Waals surface area contributed by atoms with Gasteiger partial charge in [-0.1, -0.05) is 12.1 Å². The van der Waals surface area contributed by atoms with Crippen LogP contribution in [0, 0.1) is 4.91 Å². The zero-order chi connectivity index (χ0) is 20.3. The molecule has 29 heavy (non-hydrogen) atoms. The average molecular weight is 405 g/mol. The van der Waals surface area contributed by atoms with Gasteiger partial charge in [0.1, 0.15) is 5.69 Å². The largest absolute Gasteiger partial charge is 0.284 e. The summed E-state index contributed by atoms with van der Waals surface area (Å²) in [6.07, 6.45) is 5.17. The molecule has 0 amide bonds. The molecule has 0 bridgehead atoms. The first kappa shape index (κ1) is 18.5. The third-order valence-corrected chi connectivity index (χ3v) is 5.67. The van der Waals surface area contributed by atoms with Crippen LogP contribution in [0.4, 0.5) is 11.4 Å². The van der Waals surface area contributed by atoms with E-state index in [2.05, 4.69) is 25.1 Å².